The first-order valence-electron chi connectivity index (χ1n) is 10.2. The van der Waals surface area contributed by atoms with Gasteiger partial charge in [-0.3, -0.25) is 9.79 Å². The van der Waals surface area contributed by atoms with Crippen LogP contribution in [0.1, 0.15) is 19.3 Å². The molecule has 2 aliphatic rings. The van der Waals surface area contributed by atoms with Gasteiger partial charge in [0.25, 0.3) is 0 Å². The highest BCUT2D eigenvalue weighted by Gasteiger charge is 2.29. The molecule has 2 atom stereocenters. The Morgan fingerprint density at radius 3 is 2.68 bits per heavy atom. The van der Waals surface area contributed by atoms with E-state index in [-0.39, 0.29) is 59.9 Å². The van der Waals surface area contributed by atoms with E-state index in [1.807, 2.05) is 18.2 Å². The number of anilines is 1. The lowest BCUT2D eigenvalue weighted by Crippen LogP contribution is -2.45. The van der Waals surface area contributed by atoms with Gasteiger partial charge in [-0.15, -0.1) is 24.0 Å². The first-order valence-corrected chi connectivity index (χ1v) is 12.1. The third-order valence-corrected chi connectivity index (χ3v) is 7.19. The molecular formula is C20H32IN5O4S. The molecule has 2 aliphatic heterocycles. The zero-order valence-corrected chi connectivity index (χ0v) is 21.1. The number of nitrogens with one attached hydrogen (secondary N) is 3. The maximum atomic E-state index is 12.1. The minimum absolute atomic E-state index is 0. The average Bonchev–Trinajstić information content (AvgIpc) is 3.32. The maximum absolute atomic E-state index is 12.1. The SMILES string of the molecule is CN=C(NCCC(=O)NC1CCS(=O)(=O)C1)NC1CCN(c2ccccc2OC)C1.I. The predicted molar refractivity (Wildman–Crippen MR) is 133 cm³/mol. The molecule has 174 valence electrons. The zero-order valence-electron chi connectivity index (χ0n) is 18.0. The summed E-state index contributed by atoms with van der Waals surface area (Å²) in [5.41, 5.74) is 1.08. The Hall–Kier alpha value is -1.76. The minimum atomic E-state index is -2.99. The molecule has 1 aromatic carbocycles. The van der Waals surface area contributed by atoms with Gasteiger partial charge in [0.1, 0.15) is 5.75 Å². The number of hydrogen-bond acceptors (Lipinski definition) is 6. The first kappa shape index (κ1) is 25.5. The van der Waals surface area contributed by atoms with E-state index in [0.29, 0.717) is 18.9 Å². The van der Waals surface area contributed by atoms with Crippen LogP contribution in [-0.2, 0) is 14.6 Å². The van der Waals surface area contributed by atoms with Gasteiger partial charge in [0.2, 0.25) is 5.91 Å². The highest BCUT2D eigenvalue weighted by Crippen LogP contribution is 2.30. The van der Waals surface area contributed by atoms with Crippen LogP contribution in [0.5, 0.6) is 5.75 Å². The van der Waals surface area contributed by atoms with Crippen molar-refractivity contribution in [1.82, 2.24) is 16.0 Å². The van der Waals surface area contributed by atoms with Crippen molar-refractivity contribution in [2.24, 2.45) is 4.99 Å². The van der Waals surface area contributed by atoms with E-state index in [2.05, 4.69) is 31.9 Å². The fourth-order valence-corrected chi connectivity index (χ4v) is 5.55. The highest BCUT2D eigenvalue weighted by molar-refractivity contribution is 14.0. The van der Waals surface area contributed by atoms with Gasteiger partial charge in [-0.1, -0.05) is 12.1 Å². The molecule has 2 fully saturated rings. The van der Waals surface area contributed by atoms with Gasteiger partial charge in [-0.25, -0.2) is 8.42 Å². The maximum Gasteiger partial charge on any atom is 0.222 e. The second-order valence-electron chi connectivity index (χ2n) is 7.66. The van der Waals surface area contributed by atoms with Crippen LogP contribution in [0.25, 0.3) is 0 Å². The van der Waals surface area contributed by atoms with Crippen molar-refractivity contribution < 1.29 is 17.9 Å². The fourth-order valence-electron chi connectivity index (χ4n) is 3.88. The van der Waals surface area contributed by atoms with Crippen LogP contribution in [0, 0.1) is 0 Å². The van der Waals surface area contributed by atoms with E-state index in [1.54, 1.807) is 14.2 Å². The molecule has 1 aromatic rings. The number of rotatable bonds is 7. The Morgan fingerprint density at radius 1 is 1.23 bits per heavy atom. The summed E-state index contributed by atoms with van der Waals surface area (Å²) >= 11 is 0. The third kappa shape index (κ3) is 7.41. The number of amides is 1. The summed E-state index contributed by atoms with van der Waals surface area (Å²) in [6, 6.07) is 7.95. The topological polar surface area (TPSA) is 112 Å². The summed E-state index contributed by atoms with van der Waals surface area (Å²) in [6.45, 7) is 2.17. The molecule has 0 spiro atoms. The predicted octanol–water partition coefficient (Wildman–Crippen LogP) is 0.750. The van der Waals surface area contributed by atoms with Gasteiger partial charge in [0.15, 0.2) is 15.8 Å². The van der Waals surface area contributed by atoms with Crippen molar-refractivity contribution in [2.75, 3.05) is 50.2 Å². The van der Waals surface area contributed by atoms with Gasteiger partial charge in [0, 0.05) is 45.2 Å². The quantitative estimate of drug-likeness (QED) is 0.254. The molecule has 31 heavy (non-hydrogen) atoms. The van der Waals surface area contributed by atoms with Gasteiger partial charge >= 0.3 is 0 Å². The fraction of sp³-hybridized carbons (Fsp3) is 0.600. The summed E-state index contributed by atoms with van der Waals surface area (Å²) < 4.78 is 28.4. The smallest absolute Gasteiger partial charge is 0.222 e. The van der Waals surface area contributed by atoms with Gasteiger partial charge in [0.05, 0.1) is 24.3 Å². The molecule has 0 aliphatic carbocycles. The molecule has 0 radical (unpaired) electrons. The number of guanidine groups is 1. The number of hydrogen-bond donors (Lipinski definition) is 3. The van der Waals surface area contributed by atoms with Crippen molar-refractivity contribution in [3.63, 3.8) is 0 Å². The monoisotopic (exact) mass is 565 g/mol. The number of ether oxygens (including phenoxy) is 1. The molecular weight excluding hydrogens is 533 g/mol. The van der Waals surface area contributed by atoms with Crippen LogP contribution in [0.15, 0.2) is 29.3 Å². The molecule has 1 amide bonds. The lowest BCUT2D eigenvalue weighted by atomic mass is 10.2. The largest absolute Gasteiger partial charge is 0.495 e. The van der Waals surface area contributed by atoms with Crippen molar-refractivity contribution in [3.05, 3.63) is 24.3 Å². The Balaban J connectivity index is 0.00000341. The third-order valence-electron chi connectivity index (χ3n) is 5.42. The Labute approximate surface area is 201 Å². The van der Waals surface area contributed by atoms with Crippen LogP contribution in [0.4, 0.5) is 5.69 Å². The number of para-hydroxylation sites is 2. The van der Waals surface area contributed by atoms with Crippen molar-refractivity contribution in [1.29, 1.82) is 0 Å². The van der Waals surface area contributed by atoms with Crippen LogP contribution in [0.2, 0.25) is 0 Å². The van der Waals surface area contributed by atoms with Crippen LogP contribution in [-0.4, -0.2) is 77.7 Å². The summed E-state index contributed by atoms with van der Waals surface area (Å²) in [5.74, 6) is 1.56. The van der Waals surface area contributed by atoms with Crippen molar-refractivity contribution >= 4 is 51.4 Å². The van der Waals surface area contributed by atoms with E-state index < -0.39 is 9.84 Å². The van der Waals surface area contributed by atoms with Gasteiger partial charge < -0.3 is 25.6 Å². The molecule has 0 saturated carbocycles. The van der Waals surface area contributed by atoms with Crippen LogP contribution >= 0.6 is 24.0 Å². The van der Waals surface area contributed by atoms with Crippen LogP contribution < -0.4 is 25.6 Å². The molecule has 2 unspecified atom stereocenters. The summed E-state index contributed by atoms with van der Waals surface area (Å²) in [4.78, 5) is 18.6. The Bertz CT molecular complexity index is 880. The van der Waals surface area contributed by atoms with Gasteiger partial charge in [-0.2, -0.15) is 0 Å². The molecule has 2 heterocycles. The number of halogens is 1. The van der Waals surface area contributed by atoms with E-state index in [1.165, 1.54) is 0 Å². The van der Waals surface area contributed by atoms with Crippen molar-refractivity contribution in [2.45, 2.75) is 31.3 Å². The van der Waals surface area contributed by atoms with E-state index >= 15 is 0 Å². The number of benzene rings is 1. The van der Waals surface area contributed by atoms with E-state index in [0.717, 1.165) is 30.9 Å². The van der Waals surface area contributed by atoms with Crippen LogP contribution in [0.3, 0.4) is 0 Å². The number of sulfone groups is 1. The molecule has 3 rings (SSSR count). The molecule has 0 bridgehead atoms. The minimum Gasteiger partial charge on any atom is -0.495 e. The standard InChI is InChI=1S/C20H31N5O4S.HI/c1-21-20(22-10-7-19(26)23-16-9-12-30(27,28)14-16)24-15-8-11-25(13-15)17-5-3-4-6-18(17)29-2;/h3-6,15-16H,7-14H2,1-2H3,(H,23,26)(H2,21,22,24);1H. The summed E-state index contributed by atoms with van der Waals surface area (Å²) in [7, 11) is 0.386. The van der Waals surface area contributed by atoms with E-state index in [9.17, 15) is 13.2 Å². The number of nitrogens with zero attached hydrogens (tertiary/aromatic N) is 2. The normalized spacial score (nSPS) is 22.5. The van der Waals surface area contributed by atoms with Crippen molar-refractivity contribution in [3.8, 4) is 5.75 Å². The number of aliphatic imine (C=N–C) groups is 1. The average molecular weight is 565 g/mol. The first-order chi connectivity index (χ1) is 14.4. The number of methoxy groups -OCH3 is 1. The zero-order chi connectivity index (χ0) is 21.6. The van der Waals surface area contributed by atoms with E-state index in [4.69, 9.17) is 4.74 Å². The van der Waals surface area contributed by atoms with Gasteiger partial charge in [-0.05, 0) is 25.0 Å². The Morgan fingerprint density at radius 2 is 2.00 bits per heavy atom. The summed E-state index contributed by atoms with van der Waals surface area (Å²) in [6.07, 6.45) is 1.72. The number of carbonyl (C=O) groups is 1. The molecule has 2 saturated heterocycles. The molecule has 3 N–H and O–H groups in total. The second kappa shape index (κ2) is 11.7. The number of carbonyl (C=O) groups excluding carboxylic acids is 1. The molecule has 0 aromatic heterocycles. The lowest BCUT2D eigenvalue weighted by molar-refractivity contribution is -0.121. The molecule has 11 heteroatoms. The Kier molecular flexibility index (Phi) is 9.66. The lowest BCUT2D eigenvalue weighted by Gasteiger charge is -2.22. The highest BCUT2D eigenvalue weighted by atomic mass is 127. The summed E-state index contributed by atoms with van der Waals surface area (Å²) in [5, 5.41) is 9.37. The molecule has 9 nitrogen and oxygen atoms in total. The second-order valence-corrected chi connectivity index (χ2v) is 9.89.